The van der Waals surface area contributed by atoms with Crippen LogP contribution in [0, 0.1) is 11.8 Å². The molecule has 5 heteroatoms. The Morgan fingerprint density at radius 2 is 2.35 bits per heavy atom. The number of unbranched alkanes of at least 4 members (excludes halogenated alkanes) is 1. The molecule has 108 valence electrons. The summed E-state index contributed by atoms with van der Waals surface area (Å²) in [5.41, 5.74) is 1.14. The number of aliphatic hydroxyl groups is 1. The van der Waals surface area contributed by atoms with Gasteiger partial charge in [-0.2, -0.15) is 11.8 Å². The summed E-state index contributed by atoms with van der Waals surface area (Å²) in [4.78, 5) is 16.0. The Balaban J connectivity index is 2.57. The van der Waals surface area contributed by atoms with E-state index in [2.05, 4.69) is 28.4 Å². The second-order valence-corrected chi connectivity index (χ2v) is 5.14. The molecule has 0 saturated heterocycles. The standard InChI is InChI=1S/C15H20N2O2S/c1-20-11-5-3-8-17-15(19)14-7-9-16-12-13(14)6-2-4-10-18/h7,9,12,18H,3-5,8,10-11H2,1H3,(H,17,19). The van der Waals surface area contributed by atoms with E-state index in [1.807, 2.05) is 11.8 Å². The third-order valence-corrected chi connectivity index (χ3v) is 3.28. The molecule has 20 heavy (non-hydrogen) atoms. The lowest BCUT2D eigenvalue weighted by Crippen LogP contribution is -2.25. The van der Waals surface area contributed by atoms with E-state index in [1.165, 1.54) is 0 Å². The molecule has 0 bridgehead atoms. The number of carbonyl (C=O) groups is 1. The van der Waals surface area contributed by atoms with Gasteiger partial charge in [-0.25, -0.2) is 0 Å². The number of rotatable bonds is 7. The van der Waals surface area contributed by atoms with Crippen molar-refractivity contribution in [3.05, 3.63) is 29.6 Å². The molecule has 0 radical (unpaired) electrons. The van der Waals surface area contributed by atoms with Crippen LogP contribution in [0.5, 0.6) is 0 Å². The van der Waals surface area contributed by atoms with Crippen molar-refractivity contribution in [2.24, 2.45) is 0 Å². The SMILES string of the molecule is CSCCCCNC(=O)c1ccncc1C#CCCO. The first-order valence-corrected chi connectivity index (χ1v) is 8.00. The predicted octanol–water partition coefficient (Wildman–Crippen LogP) is 1.69. The van der Waals surface area contributed by atoms with Crippen molar-refractivity contribution in [1.29, 1.82) is 0 Å². The molecule has 1 aromatic heterocycles. The van der Waals surface area contributed by atoms with Crippen LogP contribution in [0.3, 0.4) is 0 Å². The van der Waals surface area contributed by atoms with Gasteiger partial charge in [-0.1, -0.05) is 11.8 Å². The van der Waals surface area contributed by atoms with Gasteiger partial charge in [0.2, 0.25) is 0 Å². The Morgan fingerprint density at radius 3 is 3.10 bits per heavy atom. The van der Waals surface area contributed by atoms with Gasteiger partial charge in [-0.3, -0.25) is 9.78 Å². The van der Waals surface area contributed by atoms with Crippen LogP contribution in [0.2, 0.25) is 0 Å². The monoisotopic (exact) mass is 292 g/mol. The summed E-state index contributed by atoms with van der Waals surface area (Å²) in [5, 5.41) is 11.6. The second kappa shape index (κ2) is 10.3. The zero-order valence-electron chi connectivity index (χ0n) is 11.7. The molecule has 1 amide bonds. The van der Waals surface area contributed by atoms with Crippen molar-refractivity contribution < 1.29 is 9.90 Å². The number of carbonyl (C=O) groups excluding carboxylic acids is 1. The third kappa shape index (κ3) is 6.09. The lowest BCUT2D eigenvalue weighted by molar-refractivity contribution is 0.0953. The van der Waals surface area contributed by atoms with E-state index < -0.39 is 0 Å². The van der Waals surface area contributed by atoms with Crippen LogP contribution in [-0.2, 0) is 0 Å². The maximum atomic E-state index is 12.1. The molecule has 4 nitrogen and oxygen atoms in total. The van der Waals surface area contributed by atoms with Gasteiger partial charge in [0.05, 0.1) is 17.7 Å². The highest BCUT2D eigenvalue weighted by Crippen LogP contribution is 2.06. The minimum absolute atomic E-state index is 0.0181. The van der Waals surface area contributed by atoms with Crippen LogP contribution in [0.4, 0.5) is 0 Å². The molecule has 0 aliphatic carbocycles. The summed E-state index contributed by atoms with van der Waals surface area (Å²) in [6, 6.07) is 1.67. The number of hydrogen-bond acceptors (Lipinski definition) is 4. The summed E-state index contributed by atoms with van der Waals surface area (Å²) in [6.45, 7) is 0.690. The van der Waals surface area contributed by atoms with Crippen LogP contribution in [-0.4, -0.2) is 41.2 Å². The number of pyridine rings is 1. The largest absolute Gasteiger partial charge is 0.395 e. The summed E-state index contributed by atoms with van der Waals surface area (Å²) < 4.78 is 0. The van der Waals surface area contributed by atoms with Gasteiger partial charge < -0.3 is 10.4 Å². The molecule has 1 aromatic rings. The number of nitrogens with zero attached hydrogens (tertiary/aromatic N) is 1. The quantitative estimate of drug-likeness (QED) is 0.593. The molecular formula is C15H20N2O2S. The van der Waals surface area contributed by atoms with Crippen LogP contribution >= 0.6 is 11.8 Å². The Labute approximate surface area is 124 Å². The Hall–Kier alpha value is -1.51. The number of nitrogens with one attached hydrogen (secondary N) is 1. The molecule has 0 unspecified atom stereocenters. The van der Waals surface area contributed by atoms with E-state index in [9.17, 15) is 4.79 Å². The topological polar surface area (TPSA) is 62.2 Å². The number of hydrogen-bond donors (Lipinski definition) is 2. The fourth-order valence-corrected chi connectivity index (χ4v) is 2.07. The van der Waals surface area contributed by atoms with Gasteiger partial charge >= 0.3 is 0 Å². The Morgan fingerprint density at radius 1 is 1.50 bits per heavy atom. The molecule has 1 rings (SSSR count). The van der Waals surface area contributed by atoms with Crippen molar-refractivity contribution >= 4 is 17.7 Å². The highest BCUT2D eigenvalue weighted by Gasteiger charge is 2.09. The molecule has 0 atom stereocenters. The number of thioether (sulfide) groups is 1. The highest BCUT2D eigenvalue weighted by atomic mass is 32.2. The fourth-order valence-electron chi connectivity index (χ4n) is 1.57. The van der Waals surface area contributed by atoms with Crippen LogP contribution in [0.15, 0.2) is 18.5 Å². The van der Waals surface area contributed by atoms with E-state index >= 15 is 0 Å². The third-order valence-electron chi connectivity index (χ3n) is 2.59. The molecule has 2 N–H and O–H groups in total. The number of aliphatic hydroxyl groups excluding tert-OH is 1. The lowest BCUT2D eigenvalue weighted by atomic mass is 10.1. The van der Waals surface area contributed by atoms with Crippen LogP contribution in [0.25, 0.3) is 0 Å². The predicted molar refractivity (Wildman–Crippen MR) is 82.8 cm³/mol. The summed E-state index contributed by atoms with van der Waals surface area (Å²) in [7, 11) is 0. The van der Waals surface area contributed by atoms with Gasteiger partial charge in [-0.15, -0.1) is 0 Å². The number of aromatic nitrogens is 1. The zero-order valence-corrected chi connectivity index (χ0v) is 12.5. The second-order valence-electron chi connectivity index (χ2n) is 4.15. The smallest absolute Gasteiger partial charge is 0.252 e. The van der Waals surface area contributed by atoms with Gasteiger partial charge in [0.25, 0.3) is 5.91 Å². The van der Waals surface area contributed by atoms with Crippen molar-refractivity contribution in [2.45, 2.75) is 19.3 Å². The zero-order chi connectivity index (χ0) is 14.6. The van der Waals surface area contributed by atoms with Crippen LogP contribution < -0.4 is 5.32 Å². The maximum Gasteiger partial charge on any atom is 0.252 e. The van der Waals surface area contributed by atoms with Gasteiger partial charge in [0.15, 0.2) is 0 Å². The lowest BCUT2D eigenvalue weighted by Gasteiger charge is -2.06. The van der Waals surface area contributed by atoms with Gasteiger partial charge in [0, 0.05) is 25.4 Å². The average Bonchev–Trinajstić information content (AvgIpc) is 2.47. The van der Waals surface area contributed by atoms with E-state index in [-0.39, 0.29) is 12.5 Å². The molecule has 0 saturated carbocycles. The first-order chi connectivity index (χ1) is 9.79. The Kier molecular flexibility index (Phi) is 8.52. The Bertz CT molecular complexity index is 480. The van der Waals surface area contributed by atoms with E-state index in [0.717, 1.165) is 18.6 Å². The first kappa shape index (κ1) is 16.5. The number of amides is 1. The van der Waals surface area contributed by atoms with Crippen molar-refractivity contribution in [2.75, 3.05) is 25.2 Å². The van der Waals surface area contributed by atoms with Crippen molar-refractivity contribution in [1.82, 2.24) is 10.3 Å². The molecular weight excluding hydrogens is 272 g/mol. The van der Waals surface area contributed by atoms with Crippen molar-refractivity contribution in [3.8, 4) is 11.8 Å². The molecule has 0 fully saturated rings. The average molecular weight is 292 g/mol. The normalized spacial score (nSPS) is 9.70. The minimum atomic E-state index is -0.121. The molecule has 0 aromatic carbocycles. The first-order valence-electron chi connectivity index (χ1n) is 6.60. The summed E-state index contributed by atoms with van der Waals surface area (Å²) in [5.74, 6) is 6.67. The van der Waals surface area contributed by atoms with E-state index in [1.54, 1.807) is 18.5 Å². The molecule has 1 heterocycles. The van der Waals surface area contributed by atoms with Gasteiger partial charge in [-0.05, 0) is 30.9 Å². The maximum absolute atomic E-state index is 12.1. The summed E-state index contributed by atoms with van der Waals surface area (Å²) in [6.07, 6.45) is 7.70. The van der Waals surface area contributed by atoms with Crippen LogP contribution in [0.1, 0.15) is 35.2 Å². The highest BCUT2D eigenvalue weighted by molar-refractivity contribution is 7.98. The molecule has 0 aliphatic rings. The van der Waals surface area contributed by atoms with E-state index in [4.69, 9.17) is 5.11 Å². The van der Waals surface area contributed by atoms with Gasteiger partial charge in [0.1, 0.15) is 0 Å². The van der Waals surface area contributed by atoms with Crippen molar-refractivity contribution in [3.63, 3.8) is 0 Å². The minimum Gasteiger partial charge on any atom is -0.395 e. The van der Waals surface area contributed by atoms with E-state index in [0.29, 0.717) is 24.1 Å². The fraction of sp³-hybridized carbons (Fsp3) is 0.467. The molecule has 0 aliphatic heterocycles. The summed E-state index contributed by atoms with van der Waals surface area (Å²) >= 11 is 1.81. The molecule has 0 spiro atoms.